The van der Waals surface area contributed by atoms with Crippen LogP contribution in [0.4, 0.5) is 34.6 Å². The SMILES string of the molecule is CNC(=O)CCC(C=O)C(=N)c1c(S)ccc2cc(NC(=O)CN3CCN(CCOc4ccc(N5C(=S)N(c6ccc(C#N)c(C(F)(F)F)c6)C(=O)C5(C)C)cc4F)CC3)ccc12. The molecule has 4 aromatic rings. The Labute approximate surface area is 371 Å². The fraction of sp³-hybridized carbons (Fsp3) is 0.341. The first kappa shape index (κ1) is 46.6. The van der Waals surface area contributed by atoms with Crippen molar-refractivity contribution in [1.29, 1.82) is 10.7 Å². The van der Waals surface area contributed by atoms with Gasteiger partial charge in [0, 0.05) is 74.1 Å². The zero-order valence-electron chi connectivity index (χ0n) is 34.5. The molecular weight excluding hydrogens is 861 g/mol. The van der Waals surface area contributed by atoms with Gasteiger partial charge in [-0.15, -0.1) is 12.6 Å². The van der Waals surface area contributed by atoms with E-state index in [-0.39, 0.29) is 65.8 Å². The number of carbonyl (C=O) groups is 4. The number of anilines is 3. The van der Waals surface area contributed by atoms with Gasteiger partial charge in [-0.25, -0.2) is 4.39 Å². The fourth-order valence-electron chi connectivity index (χ4n) is 7.62. The minimum atomic E-state index is -4.85. The first-order valence-electron chi connectivity index (χ1n) is 19.8. The van der Waals surface area contributed by atoms with E-state index in [4.69, 9.17) is 22.4 Å². The third-order valence-electron chi connectivity index (χ3n) is 11.1. The maximum absolute atomic E-state index is 15.5. The number of amides is 3. The molecule has 2 aliphatic heterocycles. The summed E-state index contributed by atoms with van der Waals surface area (Å²) in [5, 5.41) is 24.7. The van der Waals surface area contributed by atoms with Crippen molar-refractivity contribution in [2.24, 2.45) is 5.92 Å². The largest absolute Gasteiger partial charge is 0.489 e. The van der Waals surface area contributed by atoms with E-state index in [0.717, 1.165) is 22.4 Å². The molecule has 0 bridgehead atoms. The van der Waals surface area contributed by atoms with Crippen LogP contribution in [0.15, 0.2) is 71.6 Å². The summed E-state index contributed by atoms with van der Waals surface area (Å²) >= 11 is 10.1. The summed E-state index contributed by atoms with van der Waals surface area (Å²) in [6.45, 7) is 6.29. The topological polar surface area (TPSA) is 162 Å². The molecule has 19 heteroatoms. The molecular formula is C44H44F4N8O5S2. The first-order chi connectivity index (χ1) is 29.9. The number of thiol groups is 1. The molecule has 2 heterocycles. The number of nitrogens with zero attached hydrogens (tertiary/aromatic N) is 5. The summed E-state index contributed by atoms with van der Waals surface area (Å²) in [6, 6.07) is 17.3. The summed E-state index contributed by atoms with van der Waals surface area (Å²) in [6.07, 6.45) is -3.89. The normalized spacial score (nSPS) is 16.2. The van der Waals surface area contributed by atoms with Crippen molar-refractivity contribution in [3.05, 3.63) is 89.2 Å². The second kappa shape index (κ2) is 19.2. The lowest BCUT2D eigenvalue weighted by atomic mass is 9.90. The molecule has 0 aromatic heterocycles. The van der Waals surface area contributed by atoms with E-state index >= 15 is 4.39 Å². The van der Waals surface area contributed by atoms with Crippen LogP contribution in [-0.2, 0) is 25.4 Å². The van der Waals surface area contributed by atoms with Crippen LogP contribution in [0.5, 0.6) is 5.75 Å². The molecule has 1 atom stereocenters. The van der Waals surface area contributed by atoms with E-state index in [1.54, 1.807) is 24.3 Å². The molecule has 2 aliphatic rings. The van der Waals surface area contributed by atoms with Crippen LogP contribution in [-0.4, -0.2) is 103 Å². The number of rotatable bonds is 15. The van der Waals surface area contributed by atoms with Crippen molar-refractivity contribution in [3.63, 3.8) is 0 Å². The first-order valence-corrected chi connectivity index (χ1v) is 20.7. The summed E-state index contributed by atoms with van der Waals surface area (Å²) in [5.74, 6) is -2.63. The van der Waals surface area contributed by atoms with Gasteiger partial charge in [-0.2, -0.15) is 18.4 Å². The molecule has 4 aromatic carbocycles. The highest BCUT2D eigenvalue weighted by Gasteiger charge is 2.51. The number of hydrogen-bond donors (Lipinski definition) is 4. The predicted molar refractivity (Wildman–Crippen MR) is 237 cm³/mol. The van der Waals surface area contributed by atoms with Crippen LogP contribution in [0, 0.1) is 28.5 Å². The Morgan fingerprint density at radius 3 is 2.37 bits per heavy atom. The Morgan fingerprint density at radius 2 is 1.71 bits per heavy atom. The van der Waals surface area contributed by atoms with Gasteiger partial charge >= 0.3 is 6.18 Å². The van der Waals surface area contributed by atoms with Crippen molar-refractivity contribution < 1.29 is 41.5 Å². The predicted octanol–water partition coefficient (Wildman–Crippen LogP) is 6.42. The van der Waals surface area contributed by atoms with Gasteiger partial charge in [0.2, 0.25) is 11.8 Å². The van der Waals surface area contributed by atoms with Crippen molar-refractivity contribution in [1.82, 2.24) is 15.1 Å². The molecule has 0 saturated carbocycles. The second-order valence-corrected chi connectivity index (χ2v) is 16.4. The van der Waals surface area contributed by atoms with Crippen LogP contribution in [0.25, 0.3) is 10.8 Å². The summed E-state index contributed by atoms with van der Waals surface area (Å²) in [5.41, 5.74) is -2.07. The van der Waals surface area contributed by atoms with Crippen LogP contribution < -0.4 is 25.2 Å². The zero-order chi connectivity index (χ0) is 45.8. The Kier molecular flexibility index (Phi) is 14.2. The molecule has 0 spiro atoms. The van der Waals surface area contributed by atoms with Crippen LogP contribution in [0.1, 0.15) is 43.4 Å². The van der Waals surface area contributed by atoms with Gasteiger partial charge in [-0.1, -0.05) is 12.1 Å². The summed E-state index contributed by atoms with van der Waals surface area (Å²) in [7, 11) is 1.51. The van der Waals surface area contributed by atoms with E-state index in [2.05, 4.69) is 28.2 Å². The molecule has 2 fully saturated rings. The van der Waals surface area contributed by atoms with Crippen LogP contribution >= 0.6 is 24.8 Å². The van der Waals surface area contributed by atoms with E-state index < -0.39 is 40.5 Å². The Morgan fingerprint density at radius 1 is 1.02 bits per heavy atom. The molecule has 3 amide bonds. The molecule has 0 aliphatic carbocycles. The summed E-state index contributed by atoms with van der Waals surface area (Å²) < 4.78 is 62.4. The molecule has 63 heavy (non-hydrogen) atoms. The number of benzene rings is 4. The number of fused-ring (bicyclic) bond motifs is 1. The zero-order valence-corrected chi connectivity index (χ0v) is 36.2. The van der Waals surface area contributed by atoms with E-state index in [1.807, 2.05) is 11.0 Å². The minimum absolute atomic E-state index is 0.0423. The number of halogens is 4. The molecule has 1 unspecified atom stereocenters. The van der Waals surface area contributed by atoms with Crippen molar-refractivity contribution >= 4 is 87.5 Å². The van der Waals surface area contributed by atoms with Crippen LogP contribution in [0.3, 0.4) is 0 Å². The molecule has 2 saturated heterocycles. The number of thiocarbonyl (C=S) groups is 1. The number of piperazine rings is 1. The van der Waals surface area contributed by atoms with Crippen molar-refractivity contribution in [2.75, 3.05) is 68.0 Å². The number of aldehydes is 1. The number of carbonyl (C=O) groups excluding carboxylic acids is 4. The van der Waals surface area contributed by atoms with Gasteiger partial charge in [0.05, 0.1) is 41.1 Å². The molecule has 0 radical (unpaired) electrons. The van der Waals surface area contributed by atoms with Gasteiger partial charge in [0.25, 0.3) is 5.91 Å². The number of alkyl halides is 3. The molecule has 3 N–H and O–H groups in total. The Balaban J connectivity index is 0.993. The maximum atomic E-state index is 15.5. The van der Waals surface area contributed by atoms with Crippen molar-refractivity contribution in [2.45, 2.75) is 43.3 Å². The van der Waals surface area contributed by atoms with Gasteiger partial charge in [0.1, 0.15) is 18.4 Å². The van der Waals surface area contributed by atoms with Crippen molar-refractivity contribution in [3.8, 4) is 11.8 Å². The Bertz CT molecular complexity index is 2520. The highest BCUT2D eigenvalue weighted by atomic mass is 32.1. The maximum Gasteiger partial charge on any atom is 0.417 e. The number of nitriles is 1. The number of ether oxygens (including phenoxy) is 1. The highest BCUT2D eigenvalue weighted by molar-refractivity contribution is 7.81. The molecule has 330 valence electrons. The number of hydrogen-bond acceptors (Lipinski definition) is 11. The fourth-order valence-corrected chi connectivity index (χ4v) is 8.46. The van der Waals surface area contributed by atoms with E-state index in [9.17, 15) is 37.6 Å². The average molecular weight is 905 g/mol. The third-order valence-corrected chi connectivity index (χ3v) is 11.8. The minimum Gasteiger partial charge on any atom is -0.489 e. The lowest BCUT2D eigenvalue weighted by molar-refractivity contribution is -0.137. The highest BCUT2D eigenvalue weighted by Crippen LogP contribution is 2.40. The molecule has 13 nitrogen and oxygen atoms in total. The smallest absolute Gasteiger partial charge is 0.417 e. The Hall–Kier alpha value is -5.94. The molecule has 6 rings (SSSR count). The van der Waals surface area contributed by atoms with Gasteiger partial charge in [-0.3, -0.25) is 29.1 Å². The monoisotopic (exact) mass is 904 g/mol. The van der Waals surface area contributed by atoms with E-state index in [1.165, 1.54) is 50.1 Å². The van der Waals surface area contributed by atoms with Crippen LogP contribution in [0.2, 0.25) is 0 Å². The lowest BCUT2D eigenvalue weighted by Crippen LogP contribution is -2.49. The second-order valence-electron chi connectivity index (χ2n) is 15.5. The number of nitrogens with one attached hydrogen (secondary N) is 3. The standard InChI is InChI=1S/C44H44F4N8O5S2/c1-43(2)41(60)55(30-8-4-27(23-49)33(21-30)44(46,47)48)42(63)56(43)31-9-11-35(34(45)22-31)61-19-18-53-14-16-54(17-15-53)24-38(59)52-29-7-10-32-26(20-29)5-12-36(62)39(32)40(50)28(25-57)6-13-37(58)51-3/h4-5,7-12,20-22,25,28,50,62H,6,13-19,24H2,1-3H3,(H,51,58)(H,52,59). The lowest BCUT2D eigenvalue weighted by Gasteiger charge is -2.34. The van der Waals surface area contributed by atoms with Gasteiger partial charge in [-0.05, 0) is 91.8 Å². The van der Waals surface area contributed by atoms with Gasteiger partial charge in [0.15, 0.2) is 16.7 Å². The summed E-state index contributed by atoms with van der Waals surface area (Å²) in [4.78, 5) is 57.2. The quantitative estimate of drug-likeness (QED) is 0.0345. The van der Waals surface area contributed by atoms with E-state index in [0.29, 0.717) is 66.6 Å². The van der Waals surface area contributed by atoms with Gasteiger partial charge < -0.3 is 30.5 Å². The third kappa shape index (κ3) is 10.1. The average Bonchev–Trinajstić information content (AvgIpc) is 3.42.